The summed E-state index contributed by atoms with van der Waals surface area (Å²) in [5, 5.41) is 14.2. The Labute approximate surface area is 171 Å². The van der Waals surface area contributed by atoms with E-state index in [-0.39, 0.29) is 11.0 Å². The number of carbonyl (C=O) groups is 1. The van der Waals surface area contributed by atoms with E-state index in [1.807, 2.05) is 49.4 Å². The second kappa shape index (κ2) is 8.31. The van der Waals surface area contributed by atoms with Gasteiger partial charge in [0, 0.05) is 11.1 Å². The number of hydrogen-bond acceptors (Lipinski definition) is 3. The fourth-order valence-electron chi connectivity index (χ4n) is 3.03. The van der Waals surface area contributed by atoms with Crippen LogP contribution in [0, 0.1) is 6.92 Å². The smallest absolute Gasteiger partial charge is 0.336 e. The van der Waals surface area contributed by atoms with Crippen LogP contribution in [-0.2, 0) is 5.41 Å². The van der Waals surface area contributed by atoms with Crippen molar-refractivity contribution < 1.29 is 9.90 Å². The van der Waals surface area contributed by atoms with Gasteiger partial charge in [-0.3, -0.25) is 5.43 Å². The van der Waals surface area contributed by atoms with E-state index >= 15 is 0 Å². The predicted molar refractivity (Wildman–Crippen MR) is 119 cm³/mol. The quantitative estimate of drug-likeness (QED) is 0.427. The molecule has 0 unspecified atom stereocenters. The summed E-state index contributed by atoms with van der Waals surface area (Å²) in [6.07, 6.45) is 0. The summed E-state index contributed by atoms with van der Waals surface area (Å²) in [6, 6.07) is 22.9. The number of carboxylic acid groups (broad SMARTS) is 1. The van der Waals surface area contributed by atoms with Gasteiger partial charge in [-0.2, -0.15) is 5.10 Å². The number of aromatic carboxylic acids is 1. The molecule has 0 amide bonds. The maximum Gasteiger partial charge on any atom is 0.336 e. The van der Waals surface area contributed by atoms with Crippen molar-refractivity contribution >= 4 is 17.4 Å². The number of anilines is 1. The molecule has 3 aromatic carbocycles. The van der Waals surface area contributed by atoms with Crippen molar-refractivity contribution in [2.75, 3.05) is 5.43 Å². The van der Waals surface area contributed by atoms with E-state index < -0.39 is 5.97 Å². The van der Waals surface area contributed by atoms with Crippen molar-refractivity contribution in [2.45, 2.75) is 33.1 Å². The highest BCUT2D eigenvalue weighted by atomic mass is 16.4. The van der Waals surface area contributed by atoms with Gasteiger partial charge in [0.05, 0.1) is 17.0 Å². The molecule has 148 valence electrons. The first kappa shape index (κ1) is 20.3. The van der Waals surface area contributed by atoms with Gasteiger partial charge in [-0.05, 0) is 36.1 Å². The van der Waals surface area contributed by atoms with Crippen LogP contribution in [0.4, 0.5) is 5.69 Å². The van der Waals surface area contributed by atoms with E-state index in [0.717, 1.165) is 16.8 Å². The van der Waals surface area contributed by atoms with Crippen LogP contribution in [0.3, 0.4) is 0 Å². The lowest BCUT2D eigenvalue weighted by atomic mass is 9.87. The van der Waals surface area contributed by atoms with Crippen LogP contribution in [0.2, 0.25) is 0 Å². The van der Waals surface area contributed by atoms with Gasteiger partial charge in [-0.25, -0.2) is 4.79 Å². The van der Waals surface area contributed by atoms with Crippen molar-refractivity contribution in [3.63, 3.8) is 0 Å². The Morgan fingerprint density at radius 2 is 1.45 bits per heavy atom. The number of carboxylic acids is 1. The van der Waals surface area contributed by atoms with Crippen molar-refractivity contribution in [3.8, 4) is 0 Å². The molecule has 0 heterocycles. The van der Waals surface area contributed by atoms with Gasteiger partial charge in [0.2, 0.25) is 0 Å². The maximum absolute atomic E-state index is 11.7. The maximum atomic E-state index is 11.7. The highest BCUT2D eigenvalue weighted by Gasteiger charge is 2.16. The van der Waals surface area contributed by atoms with Gasteiger partial charge in [0.15, 0.2) is 0 Å². The summed E-state index contributed by atoms with van der Waals surface area (Å²) < 4.78 is 0. The molecular weight excluding hydrogens is 360 g/mol. The molecule has 0 saturated heterocycles. The molecule has 3 aromatic rings. The van der Waals surface area contributed by atoms with Crippen molar-refractivity contribution in [1.82, 2.24) is 0 Å². The van der Waals surface area contributed by atoms with E-state index in [4.69, 9.17) is 0 Å². The fourth-order valence-corrected chi connectivity index (χ4v) is 3.03. The lowest BCUT2D eigenvalue weighted by Gasteiger charge is -2.19. The third-order valence-corrected chi connectivity index (χ3v) is 4.79. The minimum Gasteiger partial charge on any atom is -0.478 e. The Hall–Kier alpha value is -3.40. The topological polar surface area (TPSA) is 61.7 Å². The summed E-state index contributed by atoms with van der Waals surface area (Å²) in [7, 11) is 0. The minimum absolute atomic E-state index is 0.0787. The minimum atomic E-state index is -0.977. The molecule has 0 bridgehead atoms. The van der Waals surface area contributed by atoms with Gasteiger partial charge in [0.25, 0.3) is 0 Å². The van der Waals surface area contributed by atoms with E-state index in [9.17, 15) is 9.90 Å². The normalized spacial score (nSPS) is 11.9. The zero-order chi connectivity index (χ0) is 21.0. The summed E-state index contributed by atoms with van der Waals surface area (Å²) in [4.78, 5) is 11.7. The Kier molecular flexibility index (Phi) is 5.83. The molecule has 3 rings (SSSR count). The largest absolute Gasteiger partial charge is 0.478 e. The van der Waals surface area contributed by atoms with E-state index in [1.165, 1.54) is 5.56 Å². The van der Waals surface area contributed by atoms with Crippen LogP contribution >= 0.6 is 0 Å². The van der Waals surface area contributed by atoms with Gasteiger partial charge >= 0.3 is 5.97 Å². The molecule has 2 N–H and O–H groups in total. The first-order valence-corrected chi connectivity index (χ1v) is 9.60. The Morgan fingerprint density at radius 1 is 0.862 bits per heavy atom. The van der Waals surface area contributed by atoms with E-state index in [2.05, 4.69) is 43.4 Å². The summed E-state index contributed by atoms with van der Waals surface area (Å²) in [6.45, 7) is 8.53. The summed E-state index contributed by atoms with van der Waals surface area (Å²) >= 11 is 0. The fraction of sp³-hybridized carbons (Fsp3) is 0.200. The summed E-state index contributed by atoms with van der Waals surface area (Å²) in [5.74, 6) is -0.977. The number of hydrogen-bond donors (Lipinski definition) is 2. The van der Waals surface area contributed by atoms with E-state index in [1.54, 1.807) is 18.2 Å². The Balaban J connectivity index is 2.02. The molecule has 29 heavy (non-hydrogen) atoms. The monoisotopic (exact) mass is 386 g/mol. The Morgan fingerprint density at radius 3 is 2.00 bits per heavy atom. The predicted octanol–water partition coefficient (Wildman–Crippen LogP) is 5.86. The van der Waals surface area contributed by atoms with Crippen LogP contribution in [0.5, 0.6) is 0 Å². The van der Waals surface area contributed by atoms with Crippen LogP contribution in [0.15, 0.2) is 77.9 Å². The number of hydrazone groups is 1. The standard InChI is InChI=1S/C25H26N2O2/c1-17-9-11-18(12-10-17)23(21-7-5-6-8-22(21)24(28)29)27-26-20-15-13-19(14-16-20)25(2,3)4/h5-16,26H,1-4H3,(H,28,29)/b27-23+. The molecule has 4 nitrogen and oxygen atoms in total. The third-order valence-electron chi connectivity index (χ3n) is 4.79. The number of benzene rings is 3. The third kappa shape index (κ3) is 4.91. The molecule has 0 radical (unpaired) electrons. The Bertz CT molecular complexity index is 1030. The average molecular weight is 386 g/mol. The molecular formula is C25H26N2O2. The van der Waals surface area contributed by atoms with Crippen LogP contribution in [0.1, 0.15) is 53.4 Å². The zero-order valence-electron chi connectivity index (χ0n) is 17.2. The average Bonchev–Trinajstić information content (AvgIpc) is 2.69. The van der Waals surface area contributed by atoms with Gasteiger partial charge in [-0.15, -0.1) is 0 Å². The summed E-state index contributed by atoms with van der Waals surface area (Å²) in [5.41, 5.74) is 8.61. The van der Waals surface area contributed by atoms with E-state index in [0.29, 0.717) is 11.3 Å². The molecule has 0 atom stereocenters. The van der Waals surface area contributed by atoms with Crippen LogP contribution in [-0.4, -0.2) is 16.8 Å². The zero-order valence-corrected chi connectivity index (χ0v) is 17.2. The van der Waals surface area contributed by atoms with Gasteiger partial charge in [-0.1, -0.05) is 80.9 Å². The van der Waals surface area contributed by atoms with Crippen LogP contribution in [0.25, 0.3) is 0 Å². The molecule has 0 aromatic heterocycles. The molecule has 0 spiro atoms. The van der Waals surface area contributed by atoms with Crippen LogP contribution < -0.4 is 5.43 Å². The molecule has 0 aliphatic heterocycles. The first-order valence-electron chi connectivity index (χ1n) is 9.60. The van der Waals surface area contributed by atoms with Gasteiger partial charge < -0.3 is 5.11 Å². The van der Waals surface area contributed by atoms with Crippen molar-refractivity contribution in [3.05, 3.63) is 101 Å². The second-order valence-electron chi connectivity index (χ2n) is 8.12. The lowest BCUT2D eigenvalue weighted by molar-refractivity contribution is 0.0696. The second-order valence-corrected chi connectivity index (χ2v) is 8.12. The van der Waals surface area contributed by atoms with Gasteiger partial charge in [0.1, 0.15) is 0 Å². The molecule has 0 fully saturated rings. The highest BCUT2D eigenvalue weighted by molar-refractivity contribution is 6.17. The number of nitrogens with zero attached hydrogens (tertiary/aromatic N) is 1. The molecule has 0 aliphatic carbocycles. The molecule has 0 aliphatic rings. The van der Waals surface area contributed by atoms with Crippen molar-refractivity contribution in [1.29, 1.82) is 0 Å². The van der Waals surface area contributed by atoms with Crippen molar-refractivity contribution in [2.24, 2.45) is 5.10 Å². The molecule has 0 saturated carbocycles. The highest BCUT2D eigenvalue weighted by Crippen LogP contribution is 2.24. The lowest BCUT2D eigenvalue weighted by Crippen LogP contribution is -2.13. The SMILES string of the molecule is Cc1ccc(/C(=N\Nc2ccc(C(C)(C)C)cc2)c2ccccc2C(=O)O)cc1. The first-order chi connectivity index (χ1) is 13.8. The number of rotatable bonds is 5. The number of nitrogens with one attached hydrogen (secondary N) is 1. The number of aryl methyl sites for hydroxylation is 1. The molecule has 4 heteroatoms.